The molecule has 134 valence electrons. The first-order chi connectivity index (χ1) is 12.0. The quantitative estimate of drug-likeness (QED) is 0.495. The molecular formula is C16H20N4O5. The molecular weight excluding hydrogens is 328 g/mol. The lowest BCUT2D eigenvalue weighted by Gasteiger charge is -2.11. The average Bonchev–Trinajstić information content (AvgIpc) is 3.05. The van der Waals surface area contributed by atoms with Crippen LogP contribution in [0.15, 0.2) is 18.2 Å². The molecule has 9 nitrogen and oxygen atoms in total. The second-order valence-electron chi connectivity index (χ2n) is 5.19. The van der Waals surface area contributed by atoms with E-state index in [1.165, 1.54) is 14.0 Å². The van der Waals surface area contributed by atoms with Crippen LogP contribution in [0, 0.1) is 0 Å². The molecule has 1 aromatic carbocycles. The molecule has 0 fully saturated rings. The van der Waals surface area contributed by atoms with Crippen LogP contribution < -0.4 is 9.47 Å². The molecule has 0 spiro atoms. The lowest BCUT2D eigenvalue weighted by Crippen LogP contribution is -2.17. The summed E-state index contributed by atoms with van der Waals surface area (Å²) in [5.74, 6) is 0.532. The van der Waals surface area contributed by atoms with Gasteiger partial charge in [0, 0.05) is 12.1 Å². The maximum Gasteiger partial charge on any atom is 0.344 e. The van der Waals surface area contributed by atoms with Gasteiger partial charge in [-0.1, -0.05) is 6.92 Å². The van der Waals surface area contributed by atoms with Crippen LogP contribution in [-0.2, 0) is 22.7 Å². The zero-order valence-corrected chi connectivity index (χ0v) is 14.4. The number of ketones is 1. The van der Waals surface area contributed by atoms with Crippen molar-refractivity contribution in [1.82, 2.24) is 20.2 Å². The van der Waals surface area contributed by atoms with Gasteiger partial charge in [0.25, 0.3) is 0 Å². The number of hydrogen-bond acceptors (Lipinski definition) is 8. The molecule has 0 saturated heterocycles. The van der Waals surface area contributed by atoms with E-state index >= 15 is 0 Å². The van der Waals surface area contributed by atoms with Gasteiger partial charge in [0.2, 0.25) is 0 Å². The van der Waals surface area contributed by atoms with Crippen molar-refractivity contribution in [2.75, 3.05) is 13.7 Å². The molecule has 9 heteroatoms. The van der Waals surface area contributed by atoms with E-state index in [1.54, 1.807) is 22.9 Å². The van der Waals surface area contributed by atoms with Gasteiger partial charge in [-0.3, -0.25) is 4.79 Å². The van der Waals surface area contributed by atoms with E-state index in [0.717, 1.165) is 6.42 Å². The Hall–Kier alpha value is -2.97. The van der Waals surface area contributed by atoms with Crippen molar-refractivity contribution < 1.29 is 23.8 Å². The normalized spacial score (nSPS) is 10.4. The van der Waals surface area contributed by atoms with Gasteiger partial charge in [-0.05, 0) is 42.0 Å². The summed E-state index contributed by atoms with van der Waals surface area (Å²) in [4.78, 5) is 23.2. The van der Waals surface area contributed by atoms with E-state index in [1.807, 2.05) is 6.92 Å². The third-order valence-electron chi connectivity index (χ3n) is 3.32. The minimum atomic E-state index is -0.566. The standard InChI is InChI=1S/C16H20N4O5/c1-4-7-20-15(17-18-19-20)9-25-16(22)10-24-13-6-5-12(11(2)21)8-14(13)23-3/h5-6,8H,4,7,9-10H2,1-3H3. The van der Waals surface area contributed by atoms with Gasteiger partial charge in [-0.25, -0.2) is 9.48 Å². The fourth-order valence-electron chi connectivity index (χ4n) is 2.04. The number of ether oxygens (including phenoxy) is 3. The lowest BCUT2D eigenvalue weighted by molar-refractivity contribution is -0.147. The number of tetrazole rings is 1. The molecule has 25 heavy (non-hydrogen) atoms. The molecule has 0 atom stereocenters. The predicted octanol–water partition coefficient (Wildman–Crippen LogP) is 1.42. The minimum Gasteiger partial charge on any atom is -0.493 e. The number of rotatable bonds is 9. The van der Waals surface area contributed by atoms with E-state index in [0.29, 0.717) is 29.4 Å². The van der Waals surface area contributed by atoms with Crippen LogP contribution in [0.1, 0.15) is 36.5 Å². The number of methoxy groups -OCH3 is 1. The zero-order valence-electron chi connectivity index (χ0n) is 14.4. The summed E-state index contributed by atoms with van der Waals surface area (Å²) in [5, 5.41) is 11.2. The number of aromatic nitrogens is 4. The number of Topliss-reactive ketones (excluding diaryl/α,β-unsaturated/α-hetero) is 1. The number of nitrogens with zero attached hydrogens (tertiary/aromatic N) is 4. The van der Waals surface area contributed by atoms with Gasteiger partial charge < -0.3 is 14.2 Å². The molecule has 1 heterocycles. The van der Waals surface area contributed by atoms with E-state index in [4.69, 9.17) is 14.2 Å². The molecule has 2 rings (SSSR count). The van der Waals surface area contributed by atoms with Gasteiger partial charge in [0.1, 0.15) is 0 Å². The highest BCUT2D eigenvalue weighted by molar-refractivity contribution is 5.94. The van der Waals surface area contributed by atoms with Crippen molar-refractivity contribution >= 4 is 11.8 Å². The van der Waals surface area contributed by atoms with Crippen LogP contribution >= 0.6 is 0 Å². The Kier molecular flexibility index (Phi) is 6.44. The summed E-state index contributed by atoms with van der Waals surface area (Å²) >= 11 is 0. The van der Waals surface area contributed by atoms with Crippen molar-refractivity contribution in [3.8, 4) is 11.5 Å². The number of aryl methyl sites for hydroxylation is 1. The second-order valence-corrected chi connectivity index (χ2v) is 5.19. The van der Waals surface area contributed by atoms with Crippen molar-refractivity contribution in [3.63, 3.8) is 0 Å². The van der Waals surface area contributed by atoms with Crippen LogP contribution in [0.2, 0.25) is 0 Å². The number of carbonyl (C=O) groups is 2. The van der Waals surface area contributed by atoms with Crippen molar-refractivity contribution in [1.29, 1.82) is 0 Å². The van der Waals surface area contributed by atoms with E-state index in [-0.39, 0.29) is 19.0 Å². The molecule has 0 radical (unpaired) electrons. The summed E-state index contributed by atoms with van der Waals surface area (Å²) in [6.07, 6.45) is 0.866. The molecule has 0 amide bonds. The van der Waals surface area contributed by atoms with E-state index in [2.05, 4.69) is 15.5 Å². The topological polar surface area (TPSA) is 105 Å². The Morgan fingerprint density at radius 1 is 1.24 bits per heavy atom. The molecule has 2 aromatic rings. The van der Waals surface area contributed by atoms with Gasteiger partial charge >= 0.3 is 5.97 Å². The summed E-state index contributed by atoms with van der Waals surface area (Å²) in [7, 11) is 1.46. The number of carbonyl (C=O) groups excluding carboxylic acids is 2. The van der Waals surface area contributed by atoms with Gasteiger partial charge in [-0.2, -0.15) is 0 Å². The number of hydrogen-bond donors (Lipinski definition) is 0. The smallest absolute Gasteiger partial charge is 0.344 e. The van der Waals surface area contributed by atoms with Gasteiger partial charge in [0.15, 0.2) is 36.3 Å². The van der Waals surface area contributed by atoms with Crippen LogP contribution in [0.4, 0.5) is 0 Å². The van der Waals surface area contributed by atoms with Crippen LogP contribution in [0.25, 0.3) is 0 Å². The highest BCUT2D eigenvalue weighted by Gasteiger charge is 2.13. The van der Waals surface area contributed by atoms with Gasteiger partial charge in [-0.15, -0.1) is 5.10 Å². The number of esters is 1. The zero-order chi connectivity index (χ0) is 18.2. The largest absolute Gasteiger partial charge is 0.493 e. The van der Waals surface area contributed by atoms with Crippen molar-refractivity contribution in [3.05, 3.63) is 29.6 Å². The Labute approximate surface area is 144 Å². The predicted molar refractivity (Wildman–Crippen MR) is 86.4 cm³/mol. The summed E-state index contributed by atoms with van der Waals surface area (Å²) in [5.41, 5.74) is 0.495. The molecule has 0 aliphatic rings. The molecule has 0 aliphatic carbocycles. The fraction of sp³-hybridized carbons (Fsp3) is 0.438. The summed E-state index contributed by atoms with van der Waals surface area (Å²) < 4.78 is 17.3. The third kappa shape index (κ3) is 5.00. The minimum absolute atomic E-state index is 0.0321. The first-order valence-electron chi connectivity index (χ1n) is 7.77. The monoisotopic (exact) mass is 348 g/mol. The van der Waals surface area contributed by atoms with E-state index < -0.39 is 5.97 Å². The molecule has 0 N–H and O–H groups in total. The Morgan fingerprint density at radius 2 is 2.04 bits per heavy atom. The number of benzene rings is 1. The molecule has 0 unspecified atom stereocenters. The summed E-state index contributed by atoms with van der Waals surface area (Å²) in [6, 6.07) is 4.73. The Balaban J connectivity index is 1.89. The first-order valence-corrected chi connectivity index (χ1v) is 7.77. The fourth-order valence-corrected chi connectivity index (χ4v) is 2.04. The maximum absolute atomic E-state index is 11.8. The molecule has 0 aliphatic heterocycles. The summed E-state index contributed by atoms with van der Waals surface area (Å²) in [6.45, 7) is 3.77. The molecule has 0 saturated carbocycles. The first kappa shape index (κ1) is 18.4. The molecule has 0 bridgehead atoms. The maximum atomic E-state index is 11.8. The van der Waals surface area contributed by atoms with E-state index in [9.17, 15) is 9.59 Å². The average molecular weight is 348 g/mol. The highest BCUT2D eigenvalue weighted by Crippen LogP contribution is 2.28. The third-order valence-corrected chi connectivity index (χ3v) is 3.32. The highest BCUT2D eigenvalue weighted by atomic mass is 16.6. The van der Waals surface area contributed by atoms with Crippen LogP contribution in [0.3, 0.4) is 0 Å². The van der Waals surface area contributed by atoms with Gasteiger partial charge in [0.05, 0.1) is 7.11 Å². The molecule has 1 aromatic heterocycles. The Morgan fingerprint density at radius 3 is 2.72 bits per heavy atom. The Bertz CT molecular complexity index is 744. The lowest BCUT2D eigenvalue weighted by atomic mass is 10.1. The SMILES string of the molecule is CCCn1nnnc1COC(=O)COc1ccc(C(C)=O)cc1OC. The van der Waals surface area contributed by atoms with Crippen LogP contribution in [-0.4, -0.2) is 45.7 Å². The van der Waals surface area contributed by atoms with Crippen molar-refractivity contribution in [2.45, 2.75) is 33.4 Å². The van der Waals surface area contributed by atoms with Crippen molar-refractivity contribution in [2.24, 2.45) is 0 Å². The van der Waals surface area contributed by atoms with Crippen LogP contribution in [0.5, 0.6) is 11.5 Å². The second kappa shape index (κ2) is 8.76.